The van der Waals surface area contributed by atoms with Crippen LogP contribution in [-0.2, 0) is 19.4 Å². The van der Waals surface area contributed by atoms with Gasteiger partial charge in [-0.1, -0.05) is 38.5 Å². The third kappa shape index (κ3) is 2.56. The summed E-state index contributed by atoms with van der Waals surface area (Å²) in [6, 6.07) is 6.42. The molecule has 0 saturated carbocycles. The van der Waals surface area contributed by atoms with Gasteiger partial charge >= 0.3 is 0 Å². The van der Waals surface area contributed by atoms with Crippen LogP contribution in [0, 0.1) is 0 Å². The van der Waals surface area contributed by atoms with Crippen molar-refractivity contribution < 1.29 is 5.11 Å². The van der Waals surface area contributed by atoms with Crippen LogP contribution in [0.2, 0.25) is 0 Å². The van der Waals surface area contributed by atoms with E-state index < -0.39 is 0 Å². The van der Waals surface area contributed by atoms with E-state index in [9.17, 15) is 0 Å². The largest absolute Gasteiger partial charge is 0.392 e. The standard InChI is InChI=1S/C12H18O/c1-3-5-11-7-6-10(4-2)8-12(11)9-13/h6-8,13H,3-5,9H2,1-2H3. The SMILES string of the molecule is CCCc1ccc(CC)cc1CO. The summed E-state index contributed by atoms with van der Waals surface area (Å²) in [4.78, 5) is 0. The van der Waals surface area contributed by atoms with Gasteiger partial charge in [0.1, 0.15) is 0 Å². The molecule has 0 aliphatic heterocycles. The van der Waals surface area contributed by atoms with Crippen LogP contribution >= 0.6 is 0 Å². The fourth-order valence-electron chi connectivity index (χ4n) is 1.56. The first-order valence-corrected chi connectivity index (χ1v) is 5.03. The Balaban J connectivity index is 2.93. The molecule has 0 aromatic heterocycles. The molecule has 72 valence electrons. The van der Waals surface area contributed by atoms with Crippen molar-refractivity contribution in [1.29, 1.82) is 0 Å². The third-order valence-corrected chi connectivity index (χ3v) is 2.37. The van der Waals surface area contributed by atoms with Gasteiger partial charge in [-0.25, -0.2) is 0 Å². The lowest BCUT2D eigenvalue weighted by Gasteiger charge is -2.07. The second-order valence-corrected chi connectivity index (χ2v) is 3.36. The smallest absolute Gasteiger partial charge is 0.0684 e. The van der Waals surface area contributed by atoms with Crippen LogP contribution in [0.25, 0.3) is 0 Å². The molecule has 0 amide bonds. The van der Waals surface area contributed by atoms with Crippen molar-refractivity contribution in [3.63, 3.8) is 0 Å². The molecular formula is C12H18O. The average molecular weight is 178 g/mol. The predicted octanol–water partition coefficient (Wildman–Crippen LogP) is 2.69. The molecule has 0 unspecified atom stereocenters. The highest BCUT2D eigenvalue weighted by atomic mass is 16.3. The van der Waals surface area contributed by atoms with Crippen molar-refractivity contribution in [2.45, 2.75) is 39.7 Å². The molecule has 0 radical (unpaired) electrons. The van der Waals surface area contributed by atoms with Crippen molar-refractivity contribution in [2.75, 3.05) is 0 Å². The topological polar surface area (TPSA) is 20.2 Å². The van der Waals surface area contributed by atoms with Crippen molar-refractivity contribution >= 4 is 0 Å². The minimum atomic E-state index is 0.170. The van der Waals surface area contributed by atoms with E-state index in [1.54, 1.807) is 0 Å². The average Bonchev–Trinajstić information content (AvgIpc) is 2.19. The summed E-state index contributed by atoms with van der Waals surface area (Å²) in [5, 5.41) is 9.17. The summed E-state index contributed by atoms with van der Waals surface area (Å²) < 4.78 is 0. The number of benzene rings is 1. The highest BCUT2D eigenvalue weighted by Crippen LogP contribution is 2.14. The number of aliphatic hydroxyl groups is 1. The highest BCUT2D eigenvalue weighted by molar-refractivity contribution is 5.31. The van der Waals surface area contributed by atoms with Crippen LogP contribution in [0.15, 0.2) is 18.2 Å². The molecule has 0 bridgehead atoms. The maximum atomic E-state index is 9.17. The normalized spacial score (nSPS) is 10.4. The predicted molar refractivity (Wildman–Crippen MR) is 55.7 cm³/mol. The molecule has 0 fully saturated rings. The van der Waals surface area contributed by atoms with Gasteiger partial charge in [0.2, 0.25) is 0 Å². The van der Waals surface area contributed by atoms with E-state index in [4.69, 9.17) is 5.11 Å². The van der Waals surface area contributed by atoms with Gasteiger partial charge in [-0.3, -0.25) is 0 Å². The van der Waals surface area contributed by atoms with Gasteiger partial charge in [-0.15, -0.1) is 0 Å². The molecule has 1 aromatic carbocycles. The van der Waals surface area contributed by atoms with E-state index in [0.717, 1.165) is 24.8 Å². The molecule has 13 heavy (non-hydrogen) atoms. The summed E-state index contributed by atoms with van der Waals surface area (Å²) in [5.74, 6) is 0. The van der Waals surface area contributed by atoms with Crippen LogP contribution in [0.1, 0.15) is 37.0 Å². The Labute approximate surface area is 80.4 Å². The number of hydrogen-bond donors (Lipinski definition) is 1. The van der Waals surface area contributed by atoms with Crippen molar-refractivity contribution in [3.8, 4) is 0 Å². The van der Waals surface area contributed by atoms with E-state index in [0.29, 0.717) is 0 Å². The Bertz CT molecular complexity index is 266. The fourth-order valence-corrected chi connectivity index (χ4v) is 1.56. The molecule has 0 saturated heterocycles. The van der Waals surface area contributed by atoms with Crippen molar-refractivity contribution in [2.24, 2.45) is 0 Å². The van der Waals surface area contributed by atoms with Gasteiger partial charge in [-0.05, 0) is 29.5 Å². The summed E-state index contributed by atoms with van der Waals surface area (Å²) in [6.07, 6.45) is 3.25. The van der Waals surface area contributed by atoms with Crippen molar-refractivity contribution in [1.82, 2.24) is 0 Å². The summed E-state index contributed by atoms with van der Waals surface area (Å²) in [5.41, 5.74) is 3.70. The number of hydrogen-bond acceptors (Lipinski definition) is 1. The summed E-state index contributed by atoms with van der Waals surface area (Å²) in [6.45, 7) is 4.47. The lowest BCUT2D eigenvalue weighted by molar-refractivity contribution is 0.280. The van der Waals surface area contributed by atoms with Gasteiger partial charge < -0.3 is 5.11 Å². The molecule has 0 atom stereocenters. The van der Waals surface area contributed by atoms with Crippen LogP contribution in [-0.4, -0.2) is 5.11 Å². The van der Waals surface area contributed by atoms with E-state index in [1.165, 1.54) is 11.1 Å². The summed E-state index contributed by atoms with van der Waals surface area (Å²) >= 11 is 0. The molecule has 0 aliphatic carbocycles. The van der Waals surface area contributed by atoms with E-state index in [2.05, 4.69) is 32.0 Å². The monoisotopic (exact) mass is 178 g/mol. The van der Waals surface area contributed by atoms with Crippen LogP contribution in [0.4, 0.5) is 0 Å². The molecule has 1 aromatic rings. The Morgan fingerprint density at radius 2 is 1.92 bits per heavy atom. The third-order valence-electron chi connectivity index (χ3n) is 2.37. The molecule has 1 nitrogen and oxygen atoms in total. The van der Waals surface area contributed by atoms with E-state index in [-0.39, 0.29) is 6.61 Å². The fraction of sp³-hybridized carbons (Fsp3) is 0.500. The van der Waals surface area contributed by atoms with Gasteiger partial charge in [-0.2, -0.15) is 0 Å². The molecule has 1 rings (SSSR count). The van der Waals surface area contributed by atoms with Crippen LogP contribution < -0.4 is 0 Å². The second-order valence-electron chi connectivity index (χ2n) is 3.36. The zero-order chi connectivity index (χ0) is 9.68. The minimum absolute atomic E-state index is 0.170. The van der Waals surface area contributed by atoms with Gasteiger partial charge in [0.15, 0.2) is 0 Å². The van der Waals surface area contributed by atoms with Gasteiger partial charge in [0.05, 0.1) is 6.61 Å². The van der Waals surface area contributed by atoms with E-state index in [1.807, 2.05) is 0 Å². The van der Waals surface area contributed by atoms with Crippen molar-refractivity contribution in [3.05, 3.63) is 34.9 Å². The Morgan fingerprint density at radius 1 is 1.15 bits per heavy atom. The van der Waals surface area contributed by atoms with Crippen LogP contribution in [0.5, 0.6) is 0 Å². The number of aryl methyl sites for hydroxylation is 2. The zero-order valence-electron chi connectivity index (χ0n) is 8.51. The Hall–Kier alpha value is -0.820. The molecular weight excluding hydrogens is 160 g/mol. The Morgan fingerprint density at radius 3 is 2.46 bits per heavy atom. The molecule has 1 N–H and O–H groups in total. The lowest BCUT2D eigenvalue weighted by Crippen LogP contribution is -1.95. The van der Waals surface area contributed by atoms with Crippen LogP contribution in [0.3, 0.4) is 0 Å². The zero-order valence-corrected chi connectivity index (χ0v) is 8.51. The van der Waals surface area contributed by atoms with Gasteiger partial charge in [0, 0.05) is 0 Å². The first-order chi connectivity index (χ1) is 6.31. The quantitative estimate of drug-likeness (QED) is 0.751. The number of aliphatic hydroxyl groups excluding tert-OH is 1. The van der Waals surface area contributed by atoms with Gasteiger partial charge in [0.25, 0.3) is 0 Å². The first-order valence-electron chi connectivity index (χ1n) is 5.03. The maximum Gasteiger partial charge on any atom is 0.0684 e. The minimum Gasteiger partial charge on any atom is -0.392 e. The second kappa shape index (κ2) is 5.03. The Kier molecular flexibility index (Phi) is 3.97. The number of rotatable bonds is 4. The lowest BCUT2D eigenvalue weighted by atomic mass is 10.00. The highest BCUT2D eigenvalue weighted by Gasteiger charge is 2.01. The van der Waals surface area contributed by atoms with E-state index >= 15 is 0 Å². The molecule has 0 spiro atoms. The molecule has 1 heteroatoms. The first kappa shape index (κ1) is 10.3. The molecule has 0 aliphatic rings. The maximum absolute atomic E-state index is 9.17. The summed E-state index contributed by atoms with van der Waals surface area (Å²) in [7, 11) is 0. The molecule has 0 heterocycles.